The van der Waals surface area contributed by atoms with Crippen LogP contribution < -0.4 is 10.2 Å². The van der Waals surface area contributed by atoms with Crippen molar-refractivity contribution in [3.8, 4) is 17.1 Å². The summed E-state index contributed by atoms with van der Waals surface area (Å²) in [5.41, 5.74) is 2.08. The Balaban J connectivity index is 1.64. The summed E-state index contributed by atoms with van der Waals surface area (Å²) in [6.45, 7) is 4.03. The van der Waals surface area contributed by atoms with Gasteiger partial charge in [-0.2, -0.15) is 0 Å². The van der Waals surface area contributed by atoms with Crippen LogP contribution in [0.15, 0.2) is 51.8 Å². The highest BCUT2D eigenvalue weighted by Gasteiger charge is 2.13. The third-order valence-corrected chi connectivity index (χ3v) is 4.53. The molecule has 2 aromatic heterocycles. The first-order chi connectivity index (χ1) is 12.7. The zero-order valence-corrected chi connectivity index (χ0v) is 14.6. The van der Waals surface area contributed by atoms with E-state index >= 15 is 0 Å². The third kappa shape index (κ3) is 3.47. The number of rotatable bonds is 4. The van der Waals surface area contributed by atoms with Crippen LogP contribution >= 0.6 is 0 Å². The lowest BCUT2D eigenvalue weighted by molar-refractivity contribution is 0.0341. The van der Waals surface area contributed by atoms with Gasteiger partial charge in [0.25, 0.3) is 0 Å². The van der Waals surface area contributed by atoms with Gasteiger partial charge in [0, 0.05) is 37.5 Å². The van der Waals surface area contributed by atoms with E-state index in [9.17, 15) is 4.79 Å². The summed E-state index contributed by atoms with van der Waals surface area (Å²) in [7, 11) is 1.61. The second-order valence-corrected chi connectivity index (χ2v) is 6.29. The van der Waals surface area contributed by atoms with Crippen LogP contribution in [0.1, 0.15) is 5.56 Å². The summed E-state index contributed by atoms with van der Waals surface area (Å²) in [5, 5.41) is 0.507. The first-order valence-corrected chi connectivity index (χ1v) is 8.60. The van der Waals surface area contributed by atoms with Crippen molar-refractivity contribution in [1.29, 1.82) is 0 Å². The minimum atomic E-state index is -0.0894. The number of hydrogen-bond acceptors (Lipinski definition) is 6. The van der Waals surface area contributed by atoms with Crippen LogP contribution in [-0.2, 0) is 11.3 Å². The summed E-state index contributed by atoms with van der Waals surface area (Å²) in [4.78, 5) is 19.3. The van der Waals surface area contributed by atoms with Crippen molar-refractivity contribution in [1.82, 2.24) is 9.88 Å². The van der Waals surface area contributed by atoms with Gasteiger partial charge in [-0.15, -0.1) is 0 Å². The molecule has 134 valence electrons. The van der Waals surface area contributed by atoms with Gasteiger partial charge in [-0.1, -0.05) is 0 Å². The third-order valence-electron chi connectivity index (χ3n) is 4.53. The van der Waals surface area contributed by atoms with Crippen LogP contribution in [0.3, 0.4) is 0 Å². The van der Waals surface area contributed by atoms with E-state index in [0.717, 1.165) is 49.7 Å². The Kier molecular flexibility index (Phi) is 4.69. The number of benzene rings is 1. The number of morpholine rings is 1. The SMILES string of the molecule is COc1ccc(-c2cc(=O)c3cc(CN4CCOCC4)cnc3o2)cc1. The van der Waals surface area contributed by atoms with Crippen LogP contribution in [0.5, 0.6) is 5.75 Å². The number of nitrogens with zero attached hydrogens (tertiary/aromatic N) is 2. The van der Waals surface area contributed by atoms with Crippen molar-refractivity contribution in [2.45, 2.75) is 6.54 Å². The zero-order valence-electron chi connectivity index (χ0n) is 14.6. The molecule has 1 fully saturated rings. The fraction of sp³-hybridized carbons (Fsp3) is 0.300. The van der Waals surface area contributed by atoms with E-state index in [1.807, 2.05) is 30.3 Å². The van der Waals surface area contributed by atoms with Crippen LogP contribution in [0.4, 0.5) is 0 Å². The molecule has 6 heteroatoms. The van der Waals surface area contributed by atoms with Crippen molar-refractivity contribution in [2.24, 2.45) is 0 Å². The second kappa shape index (κ2) is 7.27. The highest BCUT2D eigenvalue weighted by Crippen LogP contribution is 2.24. The minimum Gasteiger partial charge on any atom is -0.497 e. The van der Waals surface area contributed by atoms with Gasteiger partial charge in [-0.25, -0.2) is 4.98 Å². The van der Waals surface area contributed by atoms with Gasteiger partial charge in [0.2, 0.25) is 5.71 Å². The molecule has 0 N–H and O–H groups in total. The molecule has 3 aromatic rings. The fourth-order valence-electron chi connectivity index (χ4n) is 3.09. The Labute approximate surface area is 151 Å². The topological polar surface area (TPSA) is 64.8 Å². The molecule has 1 saturated heterocycles. The predicted molar refractivity (Wildman–Crippen MR) is 98.4 cm³/mol. The maximum Gasteiger partial charge on any atom is 0.230 e. The van der Waals surface area contributed by atoms with Gasteiger partial charge in [0.1, 0.15) is 11.5 Å². The van der Waals surface area contributed by atoms with Gasteiger partial charge >= 0.3 is 0 Å². The minimum absolute atomic E-state index is 0.0894. The van der Waals surface area contributed by atoms with Crippen molar-refractivity contribution in [3.63, 3.8) is 0 Å². The Hall–Kier alpha value is -2.70. The standard InChI is InChI=1S/C20H20N2O4/c1-24-16-4-2-15(3-5-16)19-11-18(23)17-10-14(12-21-20(17)26-19)13-22-6-8-25-9-7-22/h2-5,10-12H,6-9,13H2,1H3. The molecule has 1 aliphatic rings. The fourth-order valence-corrected chi connectivity index (χ4v) is 3.09. The van der Waals surface area contributed by atoms with E-state index in [1.54, 1.807) is 13.3 Å². The molecule has 0 radical (unpaired) electrons. The first kappa shape index (κ1) is 16.8. The van der Waals surface area contributed by atoms with E-state index < -0.39 is 0 Å². The molecule has 4 rings (SSSR count). The average molecular weight is 352 g/mol. The molecule has 0 saturated carbocycles. The quantitative estimate of drug-likeness (QED) is 0.719. The van der Waals surface area contributed by atoms with Gasteiger partial charge in [0.05, 0.1) is 25.7 Å². The van der Waals surface area contributed by atoms with Gasteiger partial charge < -0.3 is 13.9 Å². The first-order valence-electron chi connectivity index (χ1n) is 8.60. The summed E-state index contributed by atoms with van der Waals surface area (Å²) >= 11 is 0. The van der Waals surface area contributed by atoms with Crippen LogP contribution in [0.2, 0.25) is 0 Å². The number of methoxy groups -OCH3 is 1. The van der Waals surface area contributed by atoms with Crippen molar-refractivity contribution in [2.75, 3.05) is 33.4 Å². The molecule has 1 aliphatic heterocycles. The zero-order chi connectivity index (χ0) is 17.9. The summed E-state index contributed by atoms with van der Waals surface area (Å²) in [6, 6.07) is 10.8. The van der Waals surface area contributed by atoms with E-state index in [2.05, 4.69) is 9.88 Å². The number of hydrogen-bond donors (Lipinski definition) is 0. The van der Waals surface area contributed by atoms with Crippen LogP contribution in [0, 0.1) is 0 Å². The lowest BCUT2D eigenvalue weighted by atomic mass is 10.1. The maximum atomic E-state index is 12.6. The molecule has 0 aliphatic carbocycles. The molecular weight excluding hydrogens is 332 g/mol. The van der Waals surface area contributed by atoms with Crippen molar-refractivity contribution < 1.29 is 13.9 Å². The average Bonchev–Trinajstić information content (AvgIpc) is 2.69. The van der Waals surface area contributed by atoms with Crippen molar-refractivity contribution >= 4 is 11.1 Å². The maximum absolute atomic E-state index is 12.6. The van der Waals surface area contributed by atoms with Crippen LogP contribution in [-0.4, -0.2) is 43.3 Å². The normalized spacial score (nSPS) is 15.3. The molecule has 0 unspecified atom stereocenters. The molecule has 1 aromatic carbocycles. The monoisotopic (exact) mass is 352 g/mol. The molecule has 3 heterocycles. The summed E-state index contributed by atoms with van der Waals surface area (Å²) < 4.78 is 16.4. The number of pyridine rings is 1. The summed E-state index contributed by atoms with van der Waals surface area (Å²) in [6.07, 6.45) is 1.78. The van der Waals surface area contributed by atoms with E-state index in [1.165, 1.54) is 6.07 Å². The molecule has 26 heavy (non-hydrogen) atoms. The molecule has 0 atom stereocenters. The molecule has 0 spiro atoms. The lowest BCUT2D eigenvalue weighted by Crippen LogP contribution is -2.35. The largest absolute Gasteiger partial charge is 0.497 e. The number of aromatic nitrogens is 1. The lowest BCUT2D eigenvalue weighted by Gasteiger charge is -2.26. The molecular formula is C20H20N2O4. The van der Waals surface area contributed by atoms with Gasteiger partial charge in [0.15, 0.2) is 5.43 Å². The highest BCUT2D eigenvalue weighted by molar-refractivity contribution is 5.75. The van der Waals surface area contributed by atoms with Gasteiger partial charge in [-0.3, -0.25) is 9.69 Å². The summed E-state index contributed by atoms with van der Waals surface area (Å²) in [5.74, 6) is 1.25. The smallest absolute Gasteiger partial charge is 0.230 e. The second-order valence-electron chi connectivity index (χ2n) is 6.29. The van der Waals surface area contributed by atoms with Crippen LogP contribution in [0.25, 0.3) is 22.4 Å². The Morgan fingerprint density at radius 3 is 2.65 bits per heavy atom. The number of ether oxygens (including phenoxy) is 2. The number of fused-ring (bicyclic) bond motifs is 1. The predicted octanol–water partition coefficient (Wildman–Crippen LogP) is 2.70. The Morgan fingerprint density at radius 2 is 1.92 bits per heavy atom. The molecule has 0 amide bonds. The van der Waals surface area contributed by atoms with Gasteiger partial charge in [-0.05, 0) is 35.9 Å². The van der Waals surface area contributed by atoms with E-state index in [4.69, 9.17) is 13.9 Å². The van der Waals surface area contributed by atoms with E-state index in [0.29, 0.717) is 16.9 Å². The molecule has 0 bridgehead atoms. The Bertz CT molecular complexity index is 960. The Morgan fingerprint density at radius 1 is 1.15 bits per heavy atom. The van der Waals surface area contributed by atoms with E-state index in [-0.39, 0.29) is 5.43 Å². The van der Waals surface area contributed by atoms with Crippen molar-refractivity contribution in [3.05, 3.63) is 58.4 Å². The highest BCUT2D eigenvalue weighted by atomic mass is 16.5. The molecule has 6 nitrogen and oxygen atoms in total.